The van der Waals surface area contributed by atoms with Gasteiger partial charge < -0.3 is 19.7 Å². The Hall–Kier alpha value is -1.78. The number of nitrogens with zero attached hydrogens (tertiary/aromatic N) is 2. The highest BCUT2D eigenvalue weighted by Crippen LogP contribution is 2.39. The Bertz CT molecular complexity index is 570. The second kappa shape index (κ2) is 11.0. The molecule has 1 rings (SSSR count). The molecule has 2 unspecified atom stereocenters. The number of hydrogen-bond acceptors (Lipinski definition) is 8. The highest BCUT2D eigenvalue weighted by atomic mass is 16.5. The van der Waals surface area contributed by atoms with Crippen LogP contribution in [0.3, 0.4) is 0 Å². The van der Waals surface area contributed by atoms with Crippen molar-refractivity contribution in [3.8, 4) is 0 Å². The van der Waals surface area contributed by atoms with Gasteiger partial charge >= 0.3 is 11.9 Å². The van der Waals surface area contributed by atoms with Gasteiger partial charge in [0.25, 0.3) is 0 Å². The number of ether oxygens (including phenoxy) is 2. The monoisotopic (exact) mass is 427 g/mol. The molecule has 171 valence electrons. The molecule has 1 aliphatic heterocycles. The molecule has 30 heavy (non-hydrogen) atoms. The third-order valence-corrected chi connectivity index (χ3v) is 5.15. The quantitative estimate of drug-likeness (QED) is 0.368. The Labute approximate surface area is 178 Å². The summed E-state index contributed by atoms with van der Waals surface area (Å²) in [6, 6.07) is -0.130. The summed E-state index contributed by atoms with van der Waals surface area (Å²) in [5.74, 6) is -1.28. The van der Waals surface area contributed by atoms with Crippen molar-refractivity contribution < 1.29 is 34.5 Å². The van der Waals surface area contributed by atoms with Crippen molar-refractivity contribution in [2.45, 2.75) is 69.9 Å². The van der Waals surface area contributed by atoms with E-state index < -0.39 is 35.2 Å². The van der Waals surface area contributed by atoms with Gasteiger partial charge in [-0.3, -0.25) is 4.90 Å². The molecule has 1 heterocycles. The molecule has 1 saturated heterocycles. The van der Waals surface area contributed by atoms with Crippen molar-refractivity contribution in [1.29, 1.82) is 0 Å². The summed E-state index contributed by atoms with van der Waals surface area (Å²) >= 11 is 0. The lowest BCUT2D eigenvalue weighted by molar-refractivity contribution is -0.295. The maximum Gasteiger partial charge on any atom is 0.330 e. The minimum Gasteiger partial charge on any atom is -0.460 e. The number of carbonyl (C=O) groups excluding carboxylic acids is 2. The Morgan fingerprint density at radius 1 is 1.00 bits per heavy atom. The van der Waals surface area contributed by atoms with Crippen LogP contribution < -0.4 is 0 Å². The second-order valence-corrected chi connectivity index (χ2v) is 8.91. The Kier molecular flexibility index (Phi) is 9.64. The molecule has 0 bridgehead atoms. The van der Waals surface area contributed by atoms with Gasteiger partial charge in [0.1, 0.15) is 25.4 Å². The molecule has 0 spiro atoms. The van der Waals surface area contributed by atoms with E-state index in [0.29, 0.717) is 12.8 Å². The lowest BCUT2D eigenvalue weighted by Crippen LogP contribution is -2.63. The third-order valence-electron chi connectivity index (χ3n) is 5.15. The van der Waals surface area contributed by atoms with Crippen LogP contribution in [0.15, 0.2) is 25.3 Å². The van der Waals surface area contributed by atoms with Crippen LogP contribution in [0.2, 0.25) is 0 Å². The molecule has 2 atom stereocenters. The Morgan fingerprint density at radius 2 is 1.37 bits per heavy atom. The van der Waals surface area contributed by atoms with Crippen LogP contribution in [0, 0.1) is 0 Å². The van der Waals surface area contributed by atoms with Gasteiger partial charge in [-0.2, -0.15) is 0 Å². The summed E-state index contributed by atoms with van der Waals surface area (Å²) in [5, 5.41) is 34.5. The predicted octanol–water partition coefficient (Wildman–Crippen LogP) is 0.836. The van der Waals surface area contributed by atoms with E-state index in [1.54, 1.807) is 0 Å². The molecule has 1 radical (unpaired) electrons. The van der Waals surface area contributed by atoms with Crippen molar-refractivity contribution in [3.63, 3.8) is 0 Å². The fourth-order valence-electron chi connectivity index (χ4n) is 3.96. The van der Waals surface area contributed by atoms with Gasteiger partial charge in [-0.15, -0.1) is 10.3 Å². The minimum absolute atomic E-state index is 0.104. The SMILES string of the molecule is C=CC(=O)OCC(O)CN(CC(O)COC(=O)C=C)C1CC(C)(C)N([O])C(C)(C)C1. The zero-order chi connectivity index (χ0) is 23.1. The van der Waals surface area contributed by atoms with Crippen molar-refractivity contribution in [3.05, 3.63) is 25.3 Å². The summed E-state index contributed by atoms with van der Waals surface area (Å²) in [5.41, 5.74) is -1.30. The average molecular weight is 428 g/mol. The molecule has 2 N–H and O–H groups in total. The number of hydroxylamine groups is 2. The molecular weight excluding hydrogens is 392 g/mol. The van der Waals surface area contributed by atoms with Crippen molar-refractivity contribution in [1.82, 2.24) is 9.96 Å². The first-order valence-electron chi connectivity index (χ1n) is 9.98. The lowest BCUT2D eigenvalue weighted by Gasteiger charge is -2.52. The van der Waals surface area contributed by atoms with E-state index in [4.69, 9.17) is 9.47 Å². The maximum absolute atomic E-state index is 12.7. The molecule has 1 aliphatic rings. The van der Waals surface area contributed by atoms with Crippen molar-refractivity contribution in [2.24, 2.45) is 0 Å². The molecular formula is C21H35N2O7. The number of hydrogen-bond donors (Lipinski definition) is 2. The van der Waals surface area contributed by atoms with E-state index in [1.807, 2.05) is 32.6 Å². The largest absolute Gasteiger partial charge is 0.460 e. The zero-order valence-corrected chi connectivity index (χ0v) is 18.4. The fraction of sp³-hybridized carbons (Fsp3) is 0.714. The standard InChI is InChI=1S/C21H35N2O7/c1-7-18(26)29-13-16(24)11-22(12-17(25)14-30-19(27)8-2)15-9-20(3,4)23(28)21(5,6)10-15/h7-8,15-17,24-25H,1-2,9-14H2,3-6H3. The summed E-state index contributed by atoms with van der Waals surface area (Å²) in [7, 11) is 0. The number of piperidine rings is 1. The average Bonchev–Trinajstić information content (AvgIpc) is 2.67. The summed E-state index contributed by atoms with van der Waals surface area (Å²) in [6.07, 6.45) is 1.03. The van der Waals surface area contributed by atoms with E-state index in [2.05, 4.69) is 13.2 Å². The first kappa shape index (κ1) is 26.3. The molecule has 0 aromatic rings. The maximum atomic E-state index is 12.7. The zero-order valence-electron chi connectivity index (χ0n) is 18.4. The topological polar surface area (TPSA) is 119 Å². The number of esters is 2. The fourth-order valence-corrected chi connectivity index (χ4v) is 3.96. The van der Waals surface area contributed by atoms with E-state index in [9.17, 15) is 25.0 Å². The van der Waals surface area contributed by atoms with Gasteiger partial charge in [0.2, 0.25) is 0 Å². The molecule has 0 saturated carbocycles. The predicted molar refractivity (Wildman–Crippen MR) is 110 cm³/mol. The van der Waals surface area contributed by atoms with E-state index in [0.717, 1.165) is 17.2 Å². The first-order valence-corrected chi connectivity index (χ1v) is 9.98. The van der Waals surface area contributed by atoms with Gasteiger partial charge in [-0.05, 0) is 40.5 Å². The van der Waals surface area contributed by atoms with Gasteiger partial charge in [0.05, 0.1) is 0 Å². The van der Waals surface area contributed by atoms with Crippen LogP contribution in [0.4, 0.5) is 0 Å². The van der Waals surface area contributed by atoms with E-state index in [1.165, 1.54) is 0 Å². The number of aliphatic hydroxyl groups is 2. The first-order chi connectivity index (χ1) is 13.8. The normalized spacial score (nSPS) is 20.9. The number of rotatable bonds is 11. The van der Waals surface area contributed by atoms with E-state index in [-0.39, 0.29) is 32.3 Å². The third kappa shape index (κ3) is 7.81. The smallest absolute Gasteiger partial charge is 0.330 e. The van der Waals surface area contributed by atoms with Crippen molar-refractivity contribution >= 4 is 11.9 Å². The van der Waals surface area contributed by atoms with Crippen LogP contribution in [0.1, 0.15) is 40.5 Å². The number of carbonyl (C=O) groups is 2. The van der Waals surface area contributed by atoms with Crippen LogP contribution >= 0.6 is 0 Å². The highest BCUT2D eigenvalue weighted by Gasteiger charge is 2.47. The van der Waals surface area contributed by atoms with E-state index >= 15 is 0 Å². The second-order valence-electron chi connectivity index (χ2n) is 8.91. The molecule has 0 amide bonds. The Morgan fingerprint density at radius 3 is 1.70 bits per heavy atom. The molecule has 9 nitrogen and oxygen atoms in total. The molecule has 1 fully saturated rings. The van der Waals surface area contributed by atoms with Crippen LogP contribution in [0.25, 0.3) is 0 Å². The lowest BCUT2D eigenvalue weighted by atomic mass is 9.78. The minimum atomic E-state index is -1.01. The molecule has 0 aromatic carbocycles. The van der Waals surface area contributed by atoms with Crippen LogP contribution in [-0.4, -0.2) is 87.7 Å². The highest BCUT2D eigenvalue weighted by molar-refractivity contribution is 5.81. The summed E-state index contributed by atoms with van der Waals surface area (Å²) in [4.78, 5) is 24.4. The number of aliphatic hydroxyl groups excluding tert-OH is 2. The van der Waals surface area contributed by atoms with Crippen LogP contribution in [-0.2, 0) is 24.3 Å². The van der Waals surface area contributed by atoms with Crippen LogP contribution in [0.5, 0.6) is 0 Å². The van der Waals surface area contributed by atoms with Gasteiger partial charge in [0, 0.05) is 42.4 Å². The Balaban J connectivity index is 2.92. The molecule has 9 heteroatoms. The summed E-state index contributed by atoms with van der Waals surface area (Å²) in [6.45, 7) is 13.8. The van der Waals surface area contributed by atoms with Crippen molar-refractivity contribution in [2.75, 3.05) is 26.3 Å². The molecule has 0 aromatic heterocycles. The van der Waals surface area contributed by atoms with Gasteiger partial charge in [-0.25, -0.2) is 9.59 Å². The van der Waals surface area contributed by atoms with Gasteiger partial charge in [0.15, 0.2) is 0 Å². The molecule has 0 aliphatic carbocycles. The van der Waals surface area contributed by atoms with Gasteiger partial charge in [-0.1, -0.05) is 13.2 Å². The summed E-state index contributed by atoms with van der Waals surface area (Å²) < 4.78 is 9.81.